The summed E-state index contributed by atoms with van der Waals surface area (Å²) in [4.78, 5) is 22.9. The van der Waals surface area contributed by atoms with E-state index in [1.165, 1.54) is 70.6 Å². The summed E-state index contributed by atoms with van der Waals surface area (Å²) in [6.45, 7) is 5.41. The standard InChI is InChI=1S/C47H84NO7P/c1-6-8-10-12-14-16-18-19-20-21-22-23-24-25-26-27-28-29-30-32-34-36-38-40-47(49)55-46(45-54-56(50,51)53-43-41-48(3,4)5)44-52-42-39-37-35-33-31-17-15-13-11-9-7-2/h8,10-11,13-14,16,19-20,22-23,25-26,46H,6-7,9,12,15,17-18,21,24,27-45H2,1-5H3/p+1/b10-8-,13-11-,16-14-,20-19-,23-22-,26-25-. The molecule has 2 atom stereocenters. The van der Waals surface area contributed by atoms with Crippen molar-refractivity contribution in [3.63, 3.8) is 0 Å². The van der Waals surface area contributed by atoms with Crippen LogP contribution in [-0.4, -0.2) is 75.6 Å². The van der Waals surface area contributed by atoms with Gasteiger partial charge < -0.3 is 18.9 Å². The molecule has 0 spiro atoms. The highest BCUT2D eigenvalue weighted by Gasteiger charge is 2.26. The van der Waals surface area contributed by atoms with Crippen LogP contribution in [0.15, 0.2) is 72.9 Å². The molecule has 0 amide bonds. The second kappa shape index (κ2) is 39.8. The molecule has 0 aliphatic heterocycles. The van der Waals surface area contributed by atoms with Crippen molar-refractivity contribution in [2.24, 2.45) is 0 Å². The van der Waals surface area contributed by atoms with E-state index in [1.54, 1.807) is 0 Å². The largest absolute Gasteiger partial charge is 0.472 e. The molecule has 0 aliphatic carbocycles. The Morgan fingerprint density at radius 3 is 1.57 bits per heavy atom. The normalized spacial score (nSPS) is 14.5. The maximum Gasteiger partial charge on any atom is 0.472 e. The number of carbonyl (C=O) groups is 1. The van der Waals surface area contributed by atoms with Gasteiger partial charge in [0.25, 0.3) is 0 Å². The summed E-state index contributed by atoms with van der Waals surface area (Å²) in [6.07, 6.45) is 50.8. The fourth-order valence-corrected chi connectivity index (χ4v) is 6.32. The zero-order valence-electron chi connectivity index (χ0n) is 36.6. The molecule has 2 unspecified atom stereocenters. The molecule has 0 saturated carbocycles. The number of nitrogens with zero attached hydrogens (tertiary/aromatic N) is 1. The summed E-state index contributed by atoms with van der Waals surface area (Å²) in [6, 6.07) is 0. The van der Waals surface area contributed by atoms with Crippen molar-refractivity contribution in [2.45, 2.75) is 168 Å². The van der Waals surface area contributed by atoms with Crippen LogP contribution in [0, 0.1) is 0 Å². The Hall–Kier alpha value is -2.06. The van der Waals surface area contributed by atoms with Crippen LogP contribution in [0.1, 0.15) is 162 Å². The van der Waals surface area contributed by atoms with Crippen LogP contribution in [-0.2, 0) is 27.9 Å². The van der Waals surface area contributed by atoms with Gasteiger partial charge in [-0.3, -0.25) is 13.8 Å². The van der Waals surface area contributed by atoms with Crippen LogP contribution in [0.3, 0.4) is 0 Å². The number of likely N-dealkylation sites (N-methyl/N-ethyl adjacent to an activating group) is 1. The van der Waals surface area contributed by atoms with E-state index in [0.29, 0.717) is 24.1 Å². The molecular formula is C47H85NO7P+. The van der Waals surface area contributed by atoms with Crippen molar-refractivity contribution in [3.8, 4) is 0 Å². The van der Waals surface area contributed by atoms with E-state index in [4.69, 9.17) is 18.5 Å². The molecule has 0 bridgehead atoms. The number of ether oxygens (including phenoxy) is 2. The highest BCUT2D eigenvalue weighted by atomic mass is 31.2. The number of quaternary nitrogens is 1. The van der Waals surface area contributed by atoms with Gasteiger partial charge in [-0.2, -0.15) is 0 Å². The first-order valence-corrected chi connectivity index (χ1v) is 23.7. The lowest BCUT2D eigenvalue weighted by molar-refractivity contribution is -0.870. The number of unbranched alkanes of at least 4 members (excludes halogenated alkanes) is 14. The number of phosphoric acid groups is 1. The van der Waals surface area contributed by atoms with Crippen LogP contribution >= 0.6 is 7.82 Å². The molecule has 0 heterocycles. The number of phosphoric ester groups is 1. The molecular weight excluding hydrogens is 721 g/mol. The van der Waals surface area contributed by atoms with Gasteiger partial charge in [-0.1, -0.05) is 151 Å². The summed E-state index contributed by atoms with van der Waals surface area (Å²) < 4.78 is 34.9. The number of rotatable bonds is 40. The minimum absolute atomic E-state index is 0.0814. The molecule has 1 N–H and O–H groups in total. The van der Waals surface area contributed by atoms with Gasteiger partial charge in [0.2, 0.25) is 0 Å². The summed E-state index contributed by atoms with van der Waals surface area (Å²) in [5.74, 6) is -0.331. The molecule has 56 heavy (non-hydrogen) atoms. The molecule has 0 rings (SSSR count). The molecule has 8 nitrogen and oxygen atoms in total. The number of esters is 1. The van der Waals surface area contributed by atoms with E-state index < -0.39 is 13.9 Å². The highest BCUT2D eigenvalue weighted by molar-refractivity contribution is 7.47. The smallest absolute Gasteiger partial charge is 0.457 e. The molecule has 9 heteroatoms. The second-order valence-corrected chi connectivity index (χ2v) is 17.1. The molecule has 0 aromatic rings. The van der Waals surface area contributed by atoms with Gasteiger partial charge in [-0.15, -0.1) is 0 Å². The van der Waals surface area contributed by atoms with Crippen molar-refractivity contribution in [3.05, 3.63) is 72.9 Å². The van der Waals surface area contributed by atoms with Crippen LogP contribution in [0.25, 0.3) is 0 Å². The van der Waals surface area contributed by atoms with E-state index in [1.807, 2.05) is 21.1 Å². The number of carbonyl (C=O) groups excluding carboxylic acids is 1. The lowest BCUT2D eigenvalue weighted by atomic mass is 10.1. The predicted octanol–water partition coefficient (Wildman–Crippen LogP) is 13.1. The van der Waals surface area contributed by atoms with E-state index in [9.17, 15) is 14.3 Å². The molecule has 0 saturated heterocycles. The zero-order valence-corrected chi connectivity index (χ0v) is 37.5. The third-order valence-electron chi connectivity index (χ3n) is 8.98. The quantitative estimate of drug-likeness (QED) is 0.0217. The number of allylic oxidation sites excluding steroid dienone is 12. The SMILES string of the molecule is CC/C=C\C/C=C\C/C=C\C/C=C\C/C=C\CCCCCCCCCC(=O)OC(COCCCCCCCC/C=C\CCC)COP(=O)(O)OCC[N+](C)(C)C. The van der Waals surface area contributed by atoms with E-state index in [2.05, 4.69) is 86.8 Å². The molecule has 0 aromatic carbocycles. The minimum atomic E-state index is -4.28. The van der Waals surface area contributed by atoms with Crippen LogP contribution in [0.2, 0.25) is 0 Å². The average molecular weight is 807 g/mol. The summed E-state index contributed by atoms with van der Waals surface area (Å²) in [5, 5.41) is 0. The number of hydrogen-bond acceptors (Lipinski definition) is 6. The molecule has 0 radical (unpaired) electrons. The fraction of sp³-hybridized carbons (Fsp3) is 0.723. The lowest BCUT2D eigenvalue weighted by Crippen LogP contribution is -2.37. The Bertz CT molecular complexity index is 1120. The molecule has 0 aromatic heterocycles. The topological polar surface area (TPSA) is 91.3 Å². The van der Waals surface area contributed by atoms with Crippen LogP contribution in [0.5, 0.6) is 0 Å². The first kappa shape index (κ1) is 53.9. The molecule has 0 aliphatic rings. The van der Waals surface area contributed by atoms with Gasteiger partial charge in [-0.25, -0.2) is 4.57 Å². The third kappa shape index (κ3) is 43.1. The molecule has 0 fully saturated rings. The Kier molecular flexibility index (Phi) is 38.3. The van der Waals surface area contributed by atoms with E-state index in [-0.39, 0.29) is 25.8 Å². The zero-order chi connectivity index (χ0) is 41.3. The van der Waals surface area contributed by atoms with Crippen molar-refractivity contribution in [2.75, 3.05) is 54.1 Å². The van der Waals surface area contributed by atoms with Gasteiger partial charge in [-0.05, 0) is 77.0 Å². The summed E-state index contributed by atoms with van der Waals surface area (Å²) in [5.41, 5.74) is 0. The third-order valence-corrected chi connectivity index (χ3v) is 9.97. The number of hydrogen-bond donors (Lipinski definition) is 1. The Labute approximate surface area is 344 Å². The second-order valence-electron chi connectivity index (χ2n) is 15.7. The maximum atomic E-state index is 12.7. The van der Waals surface area contributed by atoms with Gasteiger partial charge in [0.05, 0.1) is 34.4 Å². The van der Waals surface area contributed by atoms with Gasteiger partial charge in [0.15, 0.2) is 0 Å². The summed E-state index contributed by atoms with van der Waals surface area (Å²) >= 11 is 0. The van der Waals surface area contributed by atoms with Crippen LogP contribution in [0.4, 0.5) is 0 Å². The first-order valence-electron chi connectivity index (χ1n) is 22.2. The van der Waals surface area contributed by atoms with Crippen molar-refractivity contribution in [1.82, 2.24) is 0 Å². The Morgan fingerprint density at radius 2 is 1.04 bits per heavy atom. The monoisotopic (exact) mass is 807 g/mol. The van der Waals surface area contributed by atoms with Crippen molar-refractivity contribution < 1.29 is 37.3 Å². The Morgan fingerprint density at radius 1 is 0.571 bits per heavy atom. The molecule has 324 valence electrons. The van der Waals surface area contributed by atoms with Gasteiger partial charge in [0.1, 0.15) is 19.3 Å². The lowest BCUT2D eigenvalue weighted by Gasteiger charge is -2.24. The van der Waals surface area contributed by atoms with Gasteiger partial charge in [0, 0.05) is 13.0 Å². The minimum Gasteiger partial charge on any atom is -0.457 e. The summed E-state index contributed by atoms with van der Waals surface area (Å²) in [7, 11) is 1.64. The van der Waals surface area contributed by atoms with E-state index in [0.717, 1.165) is 70.6 Å². The predicted molar refractivity (Wildman–Crippen MR) is 238 cm³/mol. The van der Waals surface area contributed by atoms with Crippen molar-refractivity contribution >= 4 is 13.8 Å². The average Bonchev–Trinajstić information content (AvgIpc) is 3.15. The van der Waals surface area contributed by atoms with E-state index >= 15 is 0 Å². The fourth-order valence-electron chi connectivity index (χ4n) is 5.58. The van der Waals surface area contributed by atoms with Gasteiger partial charge >= 0.3 is 13.8 Å². The van der Waals surface area contributed by atoms with Crippen LogP contribution < -0.4 is 0 Å². The highest BCUT2D eigenvalue weighted by Crippen LogP contribution is 2.43. The maximum absolute atomic E-state index is 12.7. The Balaban J connectivity index is 4.21. The first-order chi connectivity index (χ1) is 27.1. The van der Waals surface area contributed by atoms with Crippen molar-refractivity contribution in [1.29, 1.82) is 0 Å².